The van der Waals surface area contributed by atoms with Crippen LogP contribution in [0.1, 0.15) is 43.5 Å². The molecule has 1 unspecified atom stereocenters. The zero-order chi connectivity index (χ0) is 13.8. The van der Waals surface area contributed by atoms with Crippen molar-refractivity contribution in [2.24, 2.45) is 12.8 Å². The van der Waals surface area contributed by atoms with Gasteiger partial charge in [0.2, 0.25) is 0 Å². The Morgan fingerprint density at radius 1 is 1.37 bits per heavy atom. The second kappa shape index (κ2) is 5.97. The Labute approximate surface area is 113 Å². The van der Waals surface area contributed by atoms with Crippen LogP contribution in [-0.4, -0.2) is 24.5 Å². The van der Waals surface area contributed by atoms with Gasteiger partial charge in [0.15, 0.2) is 0 Å². The first kappa shape index (κ1) is 13.7. The molecule has 6 nitrogen and oxygen atoms in total. The molecular weight excluding hydrogens is 240 g/mol. The second-order valence-electron chi connectivity index (χ2n) is 4.75. The Kier molecular flexibility index (Phi) is 4.31. The van der Waals surface area contributed by atoms with Gasteiger partial charge in [0.05, 0.1) is 17.4 Å². The lowest BCUT2D eigenvalue weighted by atomic mass is 10.1. The summed E-state index contributed by atoms with van der Waals surface area (Å²) in [7, 11) is 1.94. The van der Waals surface area contributed by atoms with Crippen LogP contribution in [0.15, 0.2) is 12.4 Å². The molecule has 0 bridgehead atoms. The average molecular weight is 262 g/mol. The van der Waals surface area contributed by atoms with Crippen molar-refractivity contribution in [1.82, 2.24) is 24.5 Å². The molecule has 0 fully saturated rings. The van der Waals surface area contributed by atoms with Gasteiger partial charge in [-0.05, 0) is 18.9 Å². The quantitative estimate of drug-likeness (QED) is 0.849. The van der Waals surface area contributed by atoms with E-state index in [1.807, 2.05) is 16.4 Å². The van der Waals surface area contributed by atoms with E-state index in [0.29, 0.717) is 6.42 Å². The van der Waals surface area contributed by atoms with Gasteiger partial charge in [0.1, 0.15) is 12.2 Å². The Morgan fingerprint density at radius 3 is 2.79 bits per heavy atom. The van der Waals surface area contributed by atoms with Crippen LogP contribution in [0, 0.1) is 0 Å². The van der Waals surface area contributed by atoms with Crippen LogP contribution in [0.4, 0.5) is 0 Å². The molecule has 0 aliphatic rings. The molecule has 1 atom stereocenters. The summed E-state index contributed by atoms with van der Waals surface area (Å²) in [5.41, 5.74) is 8.39. The van der Waals surface area contributed by atoms with E-state index >= 15 is 0 Å². The Morgan fingerprint density at radius 2 is 2.16 bits per heavy atom. The van der Waals surface area contributed by atoms with Crippen LogP contribution < -0.4 is 5.73 Å². The normalized spacial score (nSPS) is 12.8. The maximum atomic E-state index is 6.28. The monoisotopic (exact) mass is 262 g/mol. The van der Waals surface area contributed by atoms with E-state index in [2.05, 4.69) is 35.1 Å². The molecule has 19 heavy (non-hydrogen) atoms. The van der Waals surface area contributed by atoms with Gasteiger partial charge in [-0.3, -0.25) is 9.36 Å². The molecule has 104 valence electrons. The molecule has 2 rings (SSSR count). The molecule has 0 aromatic carbocycles. The highest BCUT2D eigenvalue weighted by molar-refractivity contribution is 5.15. The Hall–Kier alpha value is -1.69. The number of aryl methyl sites for hydroxylation is 3. The van der Waals surface area contributed by atoms with Crippen LogP contribution in [0.3, 0.4) is 0 Å². The number of hydrogen-bond acceptors (Lipinski definition) is 4. The van der Waals surface area contributed by atoms with Crippen LogP contribution in [0.2, 0.25) is 0 Å². The highest BCUT2D eigenvalue weighted by Gasteiger charge is 2.16. The van der Waals surface area contributed by atoms with Crippen LogP contribution >= 0.6 is 0 Å². The number of aromatic nitrogens is 5. The largest absolute Gasteiger partial charge is 0.322 e. The molecule has 0 saturated heterocycles. The second-order valence-corrected chi connectivity index (χ2v) is 4.75. The predicted molar refractivity (Wildman–Crippen MR) is 73.5 cm³/mol. The van der Waals surface area contributed by atoms with E-state index in [4.69, 9.17) is 5.73 Å². The molecule has 0 aliphatic carbocycles. The van der Waals surface area contributed by atoms with Crippen molar-refractivity contribution in [1.29, 1.82) is 0 Å². The first-order valence-electron chi connectivity index (χ1n) is 6.80. The van der Waals surface area contributed by atoms with Crippen LogP contribution in [0.25, 0.3) is 0 Å². The summed E-state index contributed by atoms with van der Waals surface area (Å²) < 4.78 is 3.79. The maximum Gasteiger partial charge on any atom is 0.138 e. The van der Waals surface area contributed by atoms with Gasteiger partial charge in [0, 0.05) is 20.0 Å². The SMILES string of the molecule is CCCn1ncnc1CC(N)c1cc(CC)nn1C. The van der Waals surface area contributed by atoms with E-state index in [1.165, 1.54) is 0 Å². The van der Waals surface area contributed by atoms with Crippen LogP contribution in [0.5, 0.6) is 0 Å². The van der Waals surface area contributed by atoms with E-state index < -0.39 is 0 Å². The zero-order valence-corrected chi connectivity index (χ0v) is 11.9. The summed E-state index contributed by atoms with van der Waals surface area (Å²) in [6, 6.07) is 1.98. The van der Waals surface area contributed by atoms with Crippen molar-refractivity contribution >= 4 is 0 Å². The summed E-state index contributed by atoms with van der Waals surface area (Å²) >= 11 is 0. The van der Waals surface area contributed by atoms with E-state index in [-0.39, 0.29) is 6.04 Å². The summed E-state index contributed by atoms with van der Waals surface area (Å²) in [6.07, 6.45) is 4.24. The van der Waals surface area contributed by atoms with E-state index in [0.717, 1.165) is 36.6 Å². The zero-order valence-electron chi connectivity index (χ0n) is 11.9. The van der Waals surface area contributed by atoms with Gasteiger partial charge in [-0.25, -0.2) is 4.98 Å². The smallest absolute Gasteiger partial charge is 0.138 e. The van der Waals surface area contributed by atoms with Gasteiger partial charge < -0.3 is 5.73 Å². The fourth-order valence-electron chi connectivity index (χ4n) is 2.21. The minimum atomic E-state index is -0.0994. The molecule has 0 amide bonds. The minimum absolute atomic E-state index is 0.0994. The summed E-state index contributed by atoms with van der Waals surface area (Å²) in [6.45, 7) is 5.10. The first-order valence-corrected chi connectivity index (χ1v) is 6.80. The third-order valence-corrected chi connectivity index (χ3v) is 3.24. The first-order chi connectivity index (χ1) is 9.15. The van der Waals surface area contributed by atoms with Crippen LogP contribution in [-0.2, 0) is 26.4 Å². The lowest BCUT2D eigenvalue weighted by Gasteiger charge is -2.12. The molecule has 0 radical (unpaired) electrons. The molecule has 2 N–H and O–H groups in total. The third kappa shape index (κ3) is 3.01. The van der Waals surface area contributed by atoms with Gasteiger partial charge in [0.25, 0.3) is 0 Å². The lowest BCUT2D eigenvalue weighted by molar-refractivity contribution is 0.534. The highest BCUT2D eigenvalue weighted by Crippen LogP contribution is 2.16. The van der Waals surface area contributed by atoms with E-state index in [9.17, 15) is 0 Å². The van der Waals surface area contributed by atoms with Crippen molar-refractivity contribution in [3.8, 4) is 0 Å². The molecular formula is C13H22N6. The topological polar surface area (TPSA) is 74.6 Å². The highest BCUT2D eigenvalue weighted by atomic mass is 15.3. The summed E-state index contributed by atoms with van der Waals surface area (Å²) in [4.78, 5) is 4.30. The number of rotatable bonds is 6. The van der Waals surface area contributed by atoms with Crippen molar-refractivity contribution in [2.75, 3.05) is 0 Å². The van der Waals surface area contributed by atoms with Crippen molar-refractivity contribution in [2.45, 2.75) is 45.7 Å². The predicted octanol–water partition coefficient (Wildman–Crippen LogP) is 1.23. The summed E-state index contributed by atoms with van der Waals surface area (Å²) in [5, 5.41) is 8.66. The van der Waals surface area contributed by atoms with Gasteiger partial charge in [-0.15, -0.1) is 0 Å². The molecule has 0 aliphatic heterocycles. The minimum Gasteiger partial charge on any atom is -0.322 e. The fraction of sp³-hybridized carbons (Fsp3) is 0.615. The Bertz CT molecular complexity index is 527. The van der Waals surface area contributed by atoms with Crippen molar-refractivity contribution in [3.05, 3.63) is 29.6 Å². The summed E-state index contributed by atoms with van der Waals surface area (Å²) in [5.74, 6) is 0.939. The van der Waals surface area contributed by atoms with Gasteiger partial charge in [-0.1, -0.05) is 13.8 Å². The van der Waals surface area contributed by atoms with Crippen molar-refractivity contribution in [3.63, 3.8) is 0 Å². The molecule has 2 aromatic heterocycles. The standard InChI is InChI=1S/C13H22N6/c1-4-6-19-13(15-9-16-19)8-11(14)12-7-10(5-2)17-18(12)3/h7,9,11H,4-6,8,14H2,1-3H3. The fourth-order valence-corrected chi connectivity index (χ4v) is 2.21. The lowest BCUT2D eigenvalue weighted by Crippen LogP contribution is -2.19. The van der Waals surface area contributed by atoms with Gasteiger partial charge >= 0.3 is 0 Å². The molecule has 2 heterocycles. The average Bonchev–Trinajstić information content (AvgIpc) is 2.97. The molecule has 0 spiro atoms. The molecule has 0 saturated carbocycles. The Balaban J connectivity index is 2.13. The van der Waals surface area contributed by atoms with Gasteiger partial charge in [-0.2, -0.15) is 10.2 Å². The number of nitrogens with zero attached hydrogens (tertiary/aromatic N) is 5. The number of hydrogen-bond donors (Lipinski definition) is 1. The molecule has 2 aromatic rings. The van der Waals surface area contributed by atoms with E-state index in [1.54, 1.807) is 6.33 Å². The van der Waals surface area contributed by atoms with Crippen molar-refractivity contribution < 1.29 is 0 Å². The molecule has 6 heteroatoms. The maximum absolute atomic E-state index is 6.28. The number of nitrogens with two attached hydrogens (primary N) is 1. The third-order valence-electron chi connectivity index (χ3n) is 3.24.